The van der Waals surface area contributed by atoms with E-state index in [1.165, 1.54) is 6.92 Å². The average molecular weight is 322 g/mol. The molecule has 7 heteroatoms. The van der Waals surface area contributed by atoms with E-state index in [9.17, 15) is 13.2 Å². The van der Waals surface area contributed by atoms with Gasteiger partial charge in [-0.3, -0.25) is 4.79 Å². The smallest absolute Gasteiger partial charge is 0.321 e. The van der Waals surface area contributed by atoms with E-state index < -0.39 is 22.0 Å². The van der Waals surface area contributed by atoms with Crippen LogP contribution in [0.2, 0.25) is 0 Å². The van der Waals surface area contributed by atoms with Crippen molar-refractivity contribution in [2.24, 2.45) is 0 Å². The van der Waals surface area contributed by atoms with Crippen LogP contribution in [-0.4, -0.2) is 25.5 Å². The summed E-state index contributed by atoms with van der Waals surface area (Å²) in [5.74, 6) is -1.47. The zero-order chi connectivity index (χ0) is 13.1. The third-order valence-electron chi connectivity index (χ3n) is 2.03. The zero-order valence-corrected chi connectivity index (χ0v) is 11.5. The average Bonchev–Trinajstić information content (AvgIpc) is 2.20. The number of halogens is 1. The van der Waals surface area contributed by atoms with Crippen LogP contribution in [-0.2, 0) is 20.6 Å². The molecule has 17 heavy (non-hydrogen) atoms. The monoisotopic (exact) mass is 321 g/mol. The molecule has 1 rings (SSSR count). The molecule has 94 valence electrons. The predicted molar refractivity (Wildman–Crippen MR) is 67.0 cm³/mol. The van der Waals surface area contributed by atoms with Crippen LogP contribution in [0, 0.1) is 0 Å². The van der Waals surface area contributed by atoms with E-state index in [0.717, 1.165) is 0 Å². The minimum atomic E-state index is -3.66. The van der Waals surface area contributed by atoms with E-state index in [0.29, 0.717) is 10.0 Å². The fourth-order valence-electron chi connectivity index (χ4n) is 1.18. The van der Waals surface area contributed by atoms with Crippen LogP contribution >= 0.6 is 15.9 Å². The van der Waals surface area contributed by atoms with Crippen molar-refractivity contribution >= 4 is 31.9 Å². The Morgan fingerprint density at radius 2 is 2.06 bits per heavy atom. The van der Waals surface area contributed by atoms with E-state index in [-0.39, 0.29) is 5.75 Å². The number of sulfonamides is 1. The number of benzene rings is 1. The van der Waals surface area contributed by atoms with Crippen LogP contribution in [0.25, 0.3) is 0 Å². The zero-order valence-electron chi connectivity index (χ0n) is 9.05. The molecule has 1 atom stereocenters. The van der Waals surface area contributed by atoms with Crippen molar-refractivity contribution in [1.29, 1.82) is 0 Å². The van der Waals surface area contributed by atoms with Gasteiger partial charge in [-0.15, -0.1) is 0 Å². The van der Waals surface area contributed by atoms with E-state index in [2.05, 4.69) is 20.7 Å². The highest BCUT2D eigenvalue weighted by Crippen LogP contribution is 2.18. The highest BCUT2D eigenvalue weighted by molar-refractivity contribution is 9.10. The van der Waals surface area contributed by atoms with Crippen LogP contribution < -0.4 is 4.72 Å². The second-order valence-electron chi connectivity index (χ2n) is 3.53. The van der Waals surface area contributed by atoms with Crippen LogP contribution in [0.5, 0.6) is 0 Å². The summed E-state index contributed by atoms with van der Waals surface area (Å²) in [7, 11) is -3.66. The van der Waals surface area contributed by atoms with Crippen molar-refractivity contribution < 1.29 is 18.3 Å². The molecule has 0 saturated heterocycles. The summed E-state index contributed by atoms with van der Waals surface area (Å²) in [4.78, 5) is 10.6. The first-order chi connectivity index (χ1) is 7.82. The summed E-state index contributed by atoms with van der Waals surface area (Å²) in [5.41, 5.74) is 0.581. The molecule has 0 saturated carbocycles. The molecule has 1 aromatic carbocycles. The molecular formula is C10H12BrNO4S. The highest BCUT2D eigenvalue weighted by Gasteiger charge is 2.20. The molecule has 5 nitrogen and oxygen atoms in total. The maximum Gasteiger partial charge on any atom is 0.321 e. The first-order valence-corrected chi connectivity index (χ1v) is 7.22. The number of hydrogen-bond acceptors (Lipinski definition) is 3. The summed E-state index contributed by atoms with van der Waals surface area (Å²) in [6.45, 7) is 1.28. The molecule has 2 N–H and O–H groups in total. The van der Waals surface area contributed by atoms with Gasteiger partial charge in [0.1, 0.15) is 6.04 Å². The van der Waals surface area contributed by atoms with E-state index in [1.54, 1.807) is 24.3 Å². The van der Waals surface area contributed by atoms with Crippen molar-refractivity contribution in [3.63, 3.8) is 0 Å². The van der Waals surface area contributed by atoms with Gasteiger partial charge in [-0.2, -0.15) is 0 Å². The lowest BCUT2D eigenvalue weighted by molar-refractivity contribution is -0.138. The molecular weight excluding hydrogens is 310 g/mol. The third kappa shape index (κ3) is 4.45. The molecule has 1 aromatic rings. The van der Waals surface area contributed by atoms with Gasteiger partial charge in [0.05, 0.1) is 5.75 Å². The Morgan fingerprint density at radius 1 is 1.47 bits per heavy atom. The number of hydrogen-bond donors (Lipinski definition) is 2. The molecule has 0 aliphatic rings. The topological polar surface area (TPSA) is 83.5 Å². The molecule has 0 radical (unpaired) electrons. The van der Waals surface area contributed by atoms with Crippen LogP contribution in [0.15, 0.2) is 28.7 Å². The summed E-state index contributed by atoms with van der Waals surface area (Å²) < 4.78 is 26.1. The molecule has 0 aliphatic carbocycles. The lowest BCUT2D eigenvalue weighted by Gasteiger charge is -2.10. The summed E-state index contributed by atoms with van der Waals surface area (Å²) in [6.07, 6.45) is 0. The van der Waals surface area contributed by atoms with E-state index in [1.807, 2.05) is 0 Å². The van der Waals surface area contributed by atoms with Gasteiger partial charge in [-0.05, 0) is 18.6 Å². The molecule has 0 aliphatic heterocycles. The Kier molecular flexibility index (Phi) is 4.67. The maximum absolute atomic E-state index is 11.7. The molecule has 0 bridgehead atoms. The fourth-order valence-corrected chi connectivity index (χ4v) is 3.18. The van der Waals surface area contributed by atoms with Crippen molar-refractivity contribution in [1.82, 2.24) is 4.72 Å². The lowest BCUT2D eigenvalue weighted by Crippen LogP contribution is -2.38. The van der Waals surface area contributed by atoms with Gasteiger partial charge in [0.25, 0.3) is 0 Å². The van der Waals surface area contributed by atoms with Gasteiger partial charge < -0.3 is 5.11 Å². The number of carbonyl (C=O) groups is 1. The van der Waals surface area contributed by atoms with Gasteiger partial charge in [0.2, 0.25) is 10.0 Å². The van der Waals surface area contributed by atoms with Gasteiger partial charge >= 0.3 is 5.97 Å². The van der Waals surface area contributed by atoms with Gasteiger partial charge in [-0.1, -0.05) is 34.1 Å². The third-order valence-corrected chi connectivity index (χ3v) is 4.21. The number of carboxylic acid groups (broad SMARTS) is 1. The Bertz CT molecular complexity index is 515. The molecule has 0 spiro atoms. The van der Waals surface area contributed by atoms with Crippen molar-refractivity contribution in [3.8, 4) is 0 Å². The van der Waals surface area contributed by atoms with Gasteiger partial charge in [0.15, 0.2) is 0 Å². The Labute approximate surface area is 108 Å². The normalized spacial score (nSPS) is 13.3. The summed E-state index contributed by atoms with van der Waals surface area (Å²) >= 11 is 3.24. The predicted octanol–water partition coefficient (Wildman–Crippen LogP) is 1.34. The Hall–Kier alpha value is -0.920. The minimum absolute atomic E-state index is 0.258. The second-order valence-corrected chi connectivity index (χ2v) is 6.14. The number of rotatable bonds is 5. The van der Waals surface area contributed by atoms with Crippen molar-refractivity contribution in [2.45, 2.75) is 18.7 Å². The maximum atomic E-state index is 11.7. The standard InChI is InChI=1S/C10H12BrNO4S/c1-7(10(13)14)12-17(15,16)6-8-4-2-3-5-9(8)11/h2-5,7,12H,6H2,1H3,(H,13,14)/t7-/m1/s1. The quantitative estimate of drug-likeness (QED) is 0.857. The van der Waals surface area contributed by atoms with Crippen LogP contribution in [0.4, 0.5) is 0 Å². The van der Waals surface area contributed by atoms with Gasteiger partial charge in [-0.25, -0.2) is 13.1 Å². The summed E-state index contributed by atoms with van der Waals surface area (Å²) in [5, 5.41) is 8.63. The van der Waals surface area contributed by atoms with Crippen molar-refractivity contribution in [3.05, 3.63) is 34.3 Å². The lowest BCUT2D eigenvalue weighted by atomic mass is 10.2. The largest absolute Gasteiger partial charge is 0.480 e. The molecule has 0 fully saturated rings. The van der Waals surface area contributed by atoms with E-state index in [4.69, 9.17) is 5.11 Å². The highest BCUT2D eigenvalue weighted by atomic mass is 79.9. The Balaban J connectivity index is 2.81. The number of carboxylic acids is 1. The molecule has 0 aromatic heterocycles. The first-order valence-electron chi connectivity index (χ1n) is 4.78. The second kappa shape index (κ2) is 5.61. The van der Waals surface area contributed by atoms with Crippen LogP contribution in [0.3, 0.4) is 0 Å². The molecule has 0 heterocycles. The van der Waals surface area contributed by atoms with E-state index >= 15 is 0 Å². The Morgan fingerprint density at radius 3 is 2.59 bits per heavy atom. The number of nitrogens with one attached hydrogen (secondary N) is 1. The SMILES string of the molecule is C[C@@H](NS(=O)(=O)Cc1ccccc1Br)C(=O)O. The van der Waals surface area contributed by atoms with Gasteiger partial charge in [0, 0.05) is 4.47 Å². The first kappa shape index (κ1) is 14.1. The fraction of sp³-hybridized carbons (Fsp3) is 0.300. The molecule has 0 amide bonds. The summed E-state index contributed by atoms with van der Waals surface area (Å²) in [6, 6.07) is 5.74. The molecule has 0 unspecified atom stereocenters. The number of aliphatic carboxylic acids is 1. The van der Waals surface area contributed by atoms with Crippen molar-refractivity contribution in [2.75, 3.05) is 0 Å². The minimum Gasteiger partial charge on any atom is -0.480 e. The van der Waals surface area contributed by atoms with Crippen LogP contribution in [0.1, 0.15) is 12.5 Å².